The molecular weight excluding hydrogens is 180 g/mol. The van der Waals surface area contributed by atoms with Gasteiger partial charge in [0.15, 0.2) is 0 Å². The summed E-state index contributed by atoms with van der Waals surface area (Å²) in [6.45, 7) is 8.04. The lowest BCUT2D eigenvalue weighted by molar-refractivity contribution is 0.270. The number of carbonyl (C=O) groups excluding carboxylic acids is 2. The predicted molar refractivity (Wildman–Crippen MR) is 53.6 cm³/mol. The lowest BCUT2D eigenvalue weighted by Crippen LogP contribution is -2.28. The number of hydrogen-bond donors (Lipinski definition) is 0. The number of isocyanates is 2. The van der Waals surface area contributed by atoms with Crippen LogP contribution in [0.25, 0.3) is 0 Å². The number of hydrogen-bond acceptors (Lipinski definition) is 4. The fourth-order valence-corrected chi connectivity index (χ4v) is 1.64. The first kappa shape index (κ1) is 12.8. The van der Waals surface area contributed by atoms with Crippen molar-refractivity contribution >= 4 is 12.2 Å². The highest BCUT2D eigenvalue weighted by Crippen LogP contribution is 2.30. The summed E-state index contributed by atoms with van der Waals surface area (Å²) >= 11 is 0. The molecule has 4 heteroatoms. The van der Waals surface area contributed by atoms with Crippen LogP contribution in [-0.2, 0) is 9.59 Å². The van der Waals surface area contributed by atoms with Gasteiger partial charge in [-0.3, -0.25) is 0 Å². The van der Waals surface area contributed by atoms with Crippen molar-refractivity contribution in [3.8, 4) is 0 Å². The van der Waals surface area contributed by atoms with E-state index in [1.807, 2.05) is 27.7 Å². The van der Waals surface area contributed by atoms with E-state index in [0.717, 1.165) is 0 Å². The third-order valence-electron chi connectivity index (χ3n) is 1.83. The van der Waals surface area contributed by atoms with Crippen molar-refractivity contribution in [1.29, 1.82) is 0 Å². The second-order valence-electron chi connectivity index (χ2n) is 4.76. The van der Waals surface area contributed by atoms with Gasteiger partial charge in [0.1, 0.15) is 0 Å². The van der Waals surface area contributed by atoms with Crippen molar-refractivity contribution in [3.63, 3.8) is 0 Å². The van der Waals surface area contributed by atoms with Gasteiger partial charge < -0.3 is 0 Å². The lowest BCUT2D eigenvalue weighted by atomic mass is 9.80. The zero-order valence-corrected chi connectivity index (χ0v) is 9.13. The first-order valence-corrected chi connectivity index (χ1v) is 4.46. The summed E-state index contributed by atoms with van der Waals surface area (Å²) in [4.78, 5) is 27.4. The van der Waals surface area contributed by atoms with Gasteiger partial charge in [0.2, 0.25) is 12.2 Å². The van der Waals surface area contributed by atoms with Crippen molar-refractivity contribution in [2.45, 2.75) is 39.7 Å². The molecule has 0 amide bonds. The van der Waals surface area contributed by atoms with Crippen LogP contribution in [0.4, 0.5) is 0 Å². The van der Waals surface area contributed by atoms with Gasteiger partial charge in [-0.05, 0) is 25.7 Å². The van der Waals surface area contributed by atoms with E-state index in [0.29, 0.717) is 13.0 Å². The maximum atomic E-state index is 10.1. The van der Waals surface area contributed by atoms with Crippen LogP contribution in [-0.4, -0.2) is 24.2 Å². The molecule has 0 aromatic heterocycles. The minimum absolute atomic E-state index is 0.165. The van der Waals surface area contributed by atoms with E-state index < -0.39 is 5.54 Å². The smallest absolute Gasteiger partial charge is 0.211 e. The molecule has 0 rings (SSSR count). The fraction of sp³-hybridized carbons (Fsp3) is 0.800. The van der Waals surface area contributed by atoms with Gasteiger partial charge in [-0.2, -0.15) is 4.99 Å². The molecule has 0 aliphatic rings. The Morgan fingerprint density at radius 2 is 1.64 bits per heavy atom. The SMILES string of the molecule is CC(C)(CN=C=O)CC(C)(C)N=C=O. The van der Waals surface area contributed by atoms with Gasteiger partial charge in [-0.1, -0.05) is 13.8 Å². The molecule has 0 spiro atoms. The normalized spacial score (nSPS) is 11.4. The van der Waals surface area contributed by atoms with E-state index in [2.05, 4.69) is 9.98 Å². The zero-order valence-electron chi connectivity index (χ0n) is 9.13. The standard InChI is InChI=1S/C10H16N2O2/c1-9(2,6-11-7-13)5-10(3,4)12-8-14/h5-6H2,1-4H3. The maximum absolute atomic E-state index is 10.1. The summed E-state index contributed by atoms with van der Waals surface area (Å²) in [5.74, 6) is 0. The minimum Gasteiger partial charge on any atom is -0.211 e. The van der Waals surface area contributed by atoms with Crippen molar-refractivity contribution in [2.75, 3.05) is 6.54 Å². The van der Waals surface area contributed by atoms with E-state index >= 15 is 0 Å². The topological polar surface area (TPSA) is 58.9 Å². The predicted octanol–water partition coefficient (Wildman–Crippen LogP) is 1.85. The molecule has 0 heterocycles. The van der Waals surface area contributed by atoms with Gasteiger partial charge in [0.25, 0.3) is 0 Å². The molecule has 0 aliphatic heterocycles. The van der Waals surface area contributed by atoms with Crippen molar-refractivity contribution in [2.24, 2.45) is 15.4 Å². The van der Waals surface area contributed by atoms with Crippen LogP contribution >= 0.6 is 0 Å². The maximum Gasteiger partial charge on any atom is 0.235 e. The summed E-state index contributed by atoms with van der Waals surface area (Å²) in [6.07, 6.45) is 3.73. The monoisotopic (exact) mass is 196 g/mol. The first-order chi connectivity index (χ1) is 6.33. The first-order valence-electron chi connectivity index (χ1n) is 4.46. The van der Waals surface area contributed by atoms with Crippen LogP contribution in [0.1, 0.15) is 34.1 Å². The summed E-state index contributed by atoms with van der Waals surface area (Å²) in [6, 6.07) is 0. The van der Waals surface area contributed by atoms with Gasteiger partial charge in [0.05, 0.1) is 12.1 Å². The van der Waals surface area contributed by atoms with Gasteiger partial charge in [-0.15, -0.1) is 0 Å². The molecule has 0 fully saturated rings. The number of aliphatic imine (C=N–C) groups is 2. The molecule has 0 radical (unpaired) electrons. The molecule has 0 aliphatic carbocycles. The molecule has 14 heavy (non-hydrogen) atoms. The van der Waals surface area contributed by atoms with Gasteiger partial charge >= 0.3 is 0 Å². The summed E-state index contributed by atoms with van der Waals surface area (Å²) < 4.78 is 0. The lowest BCUT2D eigenvalue weighted by Gasteiger charge is -2.29. The van der Waals surface area contributed by atoms with Crippen LogP contribution < -0.4 is 0 Å². The Balaban J connectivity index is 4.47. The molecule has 0 saturated heterocycles. The Morgan fingerprint density at radius 3 is 2.07 bits per heavy atom. The third kappa shape index (κ3) is 5.41. The summed E-state index contributed by atoms with van der Waals surface area (Å²) in [5, 5.41) is 0. The second-order valence-corrected chi connectivity index (χ2v) is 4.76. The third-order valence-corrected chi connectivity index (χ3v) is 1.83. The van der Waals surface area contributed by atoms with Gasteiger partial charge in [0, 0.05) is 0 Å². The second kappa shape index (κ2) is 4.85. The molecule has 0 atom stereocenters. The zero-order chi connectivity index (χ0) is 11.2. The quantitative estimate of drug-likeness (QED) is 0.497. The Kier molecular flexibility index (Phi) is 4.42. The fourth-order valence-electron chi connectivity index (χ4n) is 1.64. The molecule has 78 valence electrons. The van der Waals surface area contributed by atoms with E-state index in [1.54, 1.807) is 6.08 Å². The molecule has 0 N–H and O–H groups in total. The minimum atomic E-state index is -0.455. The summed E-state index contributed by atoms with van der Waals surface area (Å²) in [7, 11) is 0. The van der Waals surface area contributed by atoms with Crippen LogP contribution in [0.15, 0.2) is 9.98 Å². The van der Waals surface area contributed by atoms with E-state index in [1.165, 1.54) is 6.08 Å². The van der Waals surface area contributed by atoms with Crippen LogP contribution in [0, 0.1) is 5.41 Å². The molecule has 4 nitrogen and oxygen atoms in total. The van der Waals surface area contributed by atoms with Crippen molar-refractivity contribution < 1.29 is 9.59 Å². The largest absolute Gasteiger partial charge is 0.235 e. The average molecular weight is 196 g/mol. The van der Waals surface area contributed by atoms with Crippen LogP contribution in [0.2, 0.25) is 0 Å². The molecule has 0 aromatic carbocycles. The molecule has 0 saturated carbocycles. The van der Waals surface area contributed by atoms with Crippen LogP contribution in [0.3, 0.4) is 0 Å². The highest BCUT2D eigenvalue weighted by Gasteiger charge is 2.28. The van der Waals surface area contributed by atoms with E-state index in [4.69, 9.17) is 0 Å². The Morgan fingerprint density at radius 1 is 1.07 bits per heavy atom. The Bertz CT molecular complexity index is 282. The van der Waals surface area contributed by atoms with Gasteiger partial charge in [-0.25, -0.2) is 14.6 Å². The van der Waals surface area contributed by atoms with E-state index in [9.17, 15) is 9.59 Å². The molecular formula is C10H16N2O2. The molecule has 0 aromatic rings. The van der Waals surface area contributed by atoms with Crippen molar-refractivity contribution in [1.82, 2.24) is 0 Å². The summed E-state index contributed by atoms with van der Waals surface area (Å²) in [5.41, 5.74) is -0.620. The average Bonchev–Trinajstić information content (AvgIpc) is 1.98. The molecule has 0 bridgehead atoms. The highest BCUT2D eigenvalue weighted by atomic mass is 16.1. The Hall–Kier alpha value is -1.24. The number of rotatable bonds is 5. The molecule has 0 unspecified atom stereocenters. The number of nitrogens with zero attached hydrogens (tertiary/aromatic N) is 2. The van der Waals surface area contributed by atoms with E-state index in [-0.39, 0.29) is 5.41 Å². The van der Waals surface area contributed by atoms with Crippen LogP contribution in [0.5, 0.6) is 0 Å². The Labute approximate surface area is 84.1 Å². The van der Waals surface area contributed by atoms with Crippen molar-refractivity contribution in [3.05, 3.63) is 0 Å². The highest BCUT2D eigenvalue weighted by molar-refractivity contribution is 5.34.